The van der Waals surface area contributed by atoms with Gasteiger partial charge in [-0.15, -0.1) is 0 Å². The molecule has 0 unspecified atom stereocenters. The second kappa shape index (κ2) is 6.71. The number of hydrogen-bond acceptors (Lipinski definition) is 4. The van der Waals surface area contributed by atoms with Crippen molar-refractivity contribution >= 4 is 5.78 Å². The number of benzene rings is 1. The van der Waals surface area contributed by atoms with Crippen LogP contribution in [0.4, 0.5) is 0 Å². The summed E-state index contributed by atoms with van der Waals surface area (Å²) < 4.78 is 0. The van der Waals surface area contributed by atoms with Crippen molar-refractivity contribution in [2.24, 2.45) is 11.8 Å². The average molecular weight is 317 g/mol. The van der Waals surface area contributed by atoms with E-state index in [2.05, 4.69) is 18.7 Å². The van der Waals surface area contributed by atoms with E-state index in [1.807, 2.05) is 12.1 Å². The molecule has 2 atom stereocenters. The van der Waals surface area contributed by atoms with Crippen LogP contribution >= 0.6 is 0 Å². The number of rotatable bonds is 4. The van der Waals surface area contributed by atoms with Crippen molar-refractivity contribution in [1.29, 1.82) is 0 Å². The summed E-state index contributed by atoms with van der Waals surface area (Å²) in [6, 6.07) is 4.17. The number of carbonyl (C=O) groups excluding carboxylic acids is 1. The van der Waals surface area contributed by atoms with Crippen LogP contribution in [0, 0.1) is 11.8 Å². The summed E-state index contributed by atoms with van der Waals surface area (Å²) in [7, 11) is 0. The van der Waals surface area contributed by atoms with Crippen molar-refractivity contribution in [1.82, 2.24) is 4.90 Å². The molecule has 0 amide bonds. The summed E-state index contributed by atoms with van der Waals surface area (Å²) in [6.45, 7) is 6.07. The van der Waals surface area contributed by atoms with Crippen LogP contribution in [0.15, 0.2) is 12.1 Å². The topological polar surface area (TPSA) is 60.8 Å². The van der Waals surface area contributed by atoms with Crippen LogP contribution in [-0.4, -0.2) is 34.0 Å². The Kier molecular flexibility index (Phi) is 4.85. The van der Waals surface area contributed by atoms with Crippen molar-refractivity contribution in [2.45, 2.75) is 52.4 Å². The minimum absolute atomic E-state index is 0.0487. The highest BCUT2D eigenvalue weighted by Gasteiger charge is 2.38. The minimum atomic E-state index is -0.0696. The highest BCUT2D eigenvalue weighted by molar-refractivity contribution is 5.83. The lowest BCUT2D eigenvalue weighted by molar-refractivity contribution is -0.129. The Morgan fingerprint density at radius 1 is 1.22 bits per heavy atom. The van der Waals surface area contributed by atoms with E-state index in [1.165, 1.54) is 11.1 Å². The molecule has 1 aromatic rings. The zero-order chi connectivity index (χ0) is 16.6. The first-order chi connectivity index (χ1) is 11.0. The molecule has 3 rings (SSSR count). The first-order valence-corrected chi connectivity index (χ1v) is 8.66. The van der Waals surface area contributed by atoms with Gasteiger partial charge in [0.25, 0.3) is 0 Å². The average Bonchev–Trinajstić information content (AvgIpc) is 2.53. The number of piperidine rings is 1. The van der Waals surface area contributed by atoms with E-state index in [0.29, 0.717) is 18.1 Å². The van der Waals surface area contributed by atoms with Crippen LogP contribution < -0.4 is 0 Å². The van der Waals surface area contributed by atoms with Crippen LogP contribution in [0.2, 0.25) is 0 Å². The molecule has 2 heterocycles. The summed E-state index contributed by atoms with van der Waals surface area (Å²) >= 11 is 0. The molecule has 0 saturated carbocycles. The summed E-state index contributed by atoms with van der Waals surface area (Å²) in [4.78, 5) is 15.0. The number of aliphatic hydroxyl groups is 2. The molecule has 0 aromatic heterocycles. The summed E-state index contributed by atoms with van der Waals surface area (Å²) in [6.07, 6.45) is 2.50. The fourth-order valence-corrected chi connectivity index (χ4v) is 4.17. The molecule has 2 aliphatic heterocycles. The Morgan fingerprint density at radius 2 is 1.91 bits per heavy atom. The molecule has 0 radical (unpaired) electrons. The van der Waals surface area contributed by atoms with Crippen molar-refractivity contribution in [3.63, 3.8) is 0 Å². The molecule has 4 nitrogen and oxygen atoms in total. The predicted molar refractivity (Wildman–Crippen MR) is 88.9 cm³/mol. The molecular weight excluding hydrogens is 290 g/mol. The Bertz CT molecular complexity index is 597. The van der Waals surface area contributed by atoms with Gasteiger partial charge in [0.1, 0.15) is 5.78 Å². The van der Waals surface area contributed by atoms with Gasteiger partial charge in [-0.05, 0) is 41.0 Å². The summed E-state index contributed by atoms with van der Waals surface area (Å²) in [5, 5.41) is 19.0. The third-order valence-electron chi connectivity index (χ3n) is 5.33. The van der Waals surface area contributed by atoms with Gasteiger partial charge in [0.15, 0.2) is 0 Å². The highest BCUT2D eigenvalue weighted by Crippen LogP contribution is 2.39. The van der Waals surface area contributed by atoms with Crippen molar-refractivity contribution in [3.05, 3.63) is 34.4 Å². The number of aliphatic hydroxyl groups excluding tert-OH is 2. The molecule has 2 N–H and O–H groups in total. The van der Waals surface area contributed by atoms with E-state index in [1.54, 1.807) is 0 Å². The molecule has 0 spiro atoms. The number of nitrogens with zero attached hydrogens (tertiary/aromatic N) is 1. The van der Waals surface area contributed by atoms with E-state index >= 15 is 0 Å². The number of fused-ring (bicyclic) bond motifs is 3. The normalized spacial score (nSPS) is 24.7. The number of ketones is 1. The quantitative estimate of drug-likeness (QED) is 0.894. The molecule has 23 heavy (non-hydrogen) atoms. The monoisotopic (exact) mass is 317 g/mol. The maximum Gasteiger partial charge on any atom is 0.139 e. The van der Waals surface area contributed by atoms with Crippen LogP contribution in [0.3, 0.4) is 0 Å². The van der Waals surface area contributed by atoms with Gasteiger partial charge in [-0.2, -0.15) is 0 Å². The summed E-state index contributed by atoms with van der Waals surface area (Å²) in [5.41, 5.74) is 3.99. The van der Waals surface area contributed by atoms with Gasteiger partial charge < -0.3 is 10.2 Å². The van der Waals surface area contributed by atoms with Gasteiger partial charge in [0, 0.05) is 31.5 Å². The zero-order valence-corrected chi connectivity index (χ0v) is 14.1. The first-order valence-electron chi connectivity index (χ1n) is 8.66. The van der Waals surface area contributed by atoms with Gasteiger partial charge in [-0.25, -0.2) is 0 Å². The van der Waals surface area contributed by atoms with Crippen molar-refractivity contribution < 1.29 is 15.0 Å². The van der Waals surface area contributed by atoms with Crippen LogP contribution in [0.1, 0.15) is 55.0 Å². The Labute approximate surface area is 138 Å². The van der Waals surface area contributed by atoms with Gasteiger partial charge >= 0.3 is 0 Å². The van der Waals surface area contributed by atoms with E-state index in [-0.39, 0.29) is 25.2 Å². The number of carbonyl (C=O) groups is 1. The molecule has 1 saturated heterocycles. The number of hydrogen-bond donors (Lipinski definition) is 2. The standard InChI is InChI=1S/C19H27NO3/c1-12(2)5-14-9-20-4-3-13-6-15(10-21)16(11-22)7-17(13)18(20)8-19(14)23/h6-7,12,14,18,21-22H,3-5,8-11H2,1-2H3/t14-,18+/m0/s1. The Balaban J connectivity index is 1.89. The second-order valence-electron chi connectivity index (χ2n) is 7.39. The van der Waals surface area contributed by atoms with E-state index in [9.17, 15) is 15.0 Å². The second-order valence-corrected chi connectivity index (χ2v) is 7.39. The van der Waals surface area contributed by atoms with Crippen LogP contribution in [0.5, 0.6) is 0 Å². The lowest BCUT2D eigenvalue weighted by Gasteiger charge is -2.43. The van der Waals surface area contributed by atoms with E-state index < -0.39 is 0 Å². The number of Topliss-reactive ketones (excluding diaryl/α,β-unsaturated/α-hetero) is 1. The third kappa shape index (κ3) is 3.21. The SMILES string of the molecule is CC(C)C[C@H]1CN2CCc3cc(CO)c(CO)cc3[C@H]2CC1=O. The molecule has 2 aliphatic rings. The molecular formula is C19H27NO3. The smallest absolute Gasteiger partial charge is 0.139 e. The van der Waals surface area contributed by atoms with Gasteiger partial charge in [0.05, 0.1) is 13.2 Å². The lowest BCUT2D eigenvalue weighted by Crippen LogP contribution is -2.46. The molecule has 1 aromatic carbocycles. The fraction of sp³-hybridized carbons (Fsp3) is 0.632. The highest BCUT2D eigenvalue weighted by atomic mass is 16.3. The lowest BCUT2D eigenvalue weighted by atomic mass is 9.79. The maximum atomic E-state index is 12.6. The molecule has 126 valence electrons. The predicted octanol–water partition coefficient (Wildman–Crippen LogP) is 2.21. The van der Waals surface area contributed by atoms with Crippen LogP contribution in [0.25, 0.3) is 0 Å². The third-order valence-corrected chi connectivity index (χ3v) is 5.33. The molecule has 0 aliphatic carbocycles. The van der Waals surface area contributed by atoms with Gasteiger partial charge in [-0.1, -0.05) is 26.0 Å². The zero-order valence-electron chi connectivity index (χ0n) is 14.1. The molecule has 1 fully saturated rings. The molecule has 0 bridgehead atoms. The van der Waals surface area contributed by atoms with E-state index in [4.69, 9.17) is 0 Å². The minimum Gasteiger partial charge on any atom is -0.392 e. The van der Waals surface area contributed by atoms with Crippen LogP contribution in [-0.2, 0) is 24.4 Å². The maximum absolute atomic E-state index is 12.6. The first kappa shape index (κ1) is 16.6. The van der Waals surface area contributed by atoms with Gasteiger partial charge in [0.2, 0.25) is 0 Å². The summed E-state index contributed by atoms with van der Waals surface area (Å²) in [5.74, 6) is 1.09. The Hall–Kier alpha value is -1.23. The largest absolute Gasteiger partial charge is 0.392 e. The Morgan fingerprint density at radius 3 is 2.57 bits per heavy atom. The van der Waals surface area contributed by atoms with Gasteiger partial charge in [-0.3, -0.25) is 9.69 Å². The molecule has 4 heteroatoms. The van der Waals surface area contributed by atoms with Crippen molar-refractivity contribution in [2.75, 3.05) is 13.1 Å². The van der Waals surface area contributed by atoms with Crippen molar-refractivity contribution in [3.8, 4) is 0 Å². The van der Waals surface area contributed by atoms with E-state index in [0.717, 1.165) is 37.1 Å². The fourth-order valence-electron chi connectivity index (χ4n) is 4.17.